The number of halogens is 16. The summed E-state index contributed by atoms with van der Waals surface area (Å²) in [6.07, 6.45) is -5.39. The number of hydrogen-bond acceptors (Lipinski definition) is 0. The predicted octanol–water partition coefficient (Wildman–Crippen LogP) is 9.14. The van der Waals surface area contributed by atoms with Gasteiger partial charge in [-0.25, -0.2) is 26.3 Å². The normalized spacial score (nSPS) is 29.9. The number of allylic oxidation sites excluding steroid dienone is 4. The van der Waals surface area contributed by atoms with E-state index in [1.165, 1.54) is 24.3 Å². The van der Waals surface area contributed by atoms with Crippen LogP contribution in [0, 0.1) is 0 Å². The molecule has 0 heterocycles. The van der Waals surface area contributed by atoms with Crippen LogP contribution < -0.4 is 0 Å². The Kier molecular flexibility index (Phi) is 6.26. The molecule has 0 nitrogen and oxygen atoms in total. The molecule has 0 spiro atoms. The van der Waals surface area contributed by atoms with Crippen LogP contribution in [0.15, 0.2) is 72.1 Å². The van der Waals surface area contributed by atoms with Crippen molar-refractivity contribution in [3.63, 3.8) is 0 Å². The predicted molar refractivity (Wildman–Crippen MR) is 106 cm³/mol. The van der Waals surface area contributed by atoms with Crippen molar-refractivity contribution >= 4 is 5.57 Å². The number of benzene rings is 2. The molecule has 1 fully saturated rings. The maximum Gasteiger partial charge on any atom is 0.384 e. The third-order valence-electron chi connectivity index (χ3n) is 6.76. The van der Waals surface area contributed by atoms with Gasteiger partial charge >= 0.3 is 29.6 Å². The zero-order valence-electron chi connectivity index (χ0n) is 18.8. The van der Waals surface area contributed by atoms with E-state index in [4.69, 9.17) is 0 Å². The van der Waals surface area contributed by atoms with E-state index in [-0.39, 0.29) is 5.56 Å². The Labute approximate surface area is 212 Å². The van der Waals surface area contributed by atoms with Crippen LogP contribution in [-0.2, 0) is 0 Å². The van der Waals surface area contributed by atoms with Crippen molar-refractivity contribution in [2.75, 3.05) is 0 Å². The second-order valence-corrected chi connectivity index (χ2v) is 8.90. The lowest BCUT2D eigenvalue weighted by Crippen LogP contribution is -2.88. The molecule has 0 aromatic heterocycles. The summed E-state index contributed by atoms with van der Waals surface area (Å²) in [5, 5.41) is 0. The van der Waals surface area contributed by atoms with Crippen LogP contribution in [0.5, 0.6) is 0 Å². The molecular formula is C24H10F16. The van der Waals surface area contributed by atoms with Gasteiger partial charge in [0.2, 0.25) is 5.67 Å². The van der Waals surface area contributed by atoms with E-state index < -0.39 is 75.7 Å². The molecule has 2 aliphatic carbocycles. The van der Waals surface area contributed by atoms with Gasteiger partial charge in [0.15, 0.2) is 23.7 Å². The highest BCUT2D eigenvalue weighted by Crippen LogP contribution is 2.74. The molecule has 2 aromatic rings. The fourth-order valence-electron chi connectivity index (χ4n) is 4.51. The summed E-state index contributed by atoms with van der Waals surface area (Å²) in [5.41, 5.74) is -18.0. The summed E-state index contributed by atoms with van der Waals surface area (Å²) in [7, 11) is 0. The topological polar surface area (TPSA) is 0 Å². The third kappa shape index (κ3) is 3.07. The Morgan fingerprint density at radius 3 is 1.30 bits per heavy atom. The molecule has 0 bridgehead atoms. The van der Waals surface area contributed by atoms with E-state index in [1.54, 1.807) is 6.07 Å². The third-order valence-corrected chi connectivity index (χ3v) is 6.76. The van der Waals surface area contributed by atoms with Crippen LogP contribution in [0.3, 0.4) is 0 Å². The van der Waals surface area contributed by atoms with Crippen molar-refractivity contribution in [2.24, 2.45) is 0 Å². The lowest BCUT2D eigenvalue weighted by molar-refractivity contribution is -0.498. The van der Waals surface area contributed by atoms with Gasteiger partial charge in [-0.1, -0.05) is 54.6 Å². The van der Waals surface area contributed by atoms with Crippen molar-refractivity contribution in [1.29, 1.82) is 0 Å². The molecule has 40 heavy (non-hydrogen) atoms. The van der Waals surface area contributed by atoms with Gasteiger partial charge in [-0.2, -0.15) is 43.9 Å². The first-order chi connectivity index (χ1) is 18.1. The van der Waals surface area contributed by atoms with Crippen molar-refractivity contribution in [1.82, 2.24) is 0 Å². The second-order valence-electron chi connectivity index (χ2n) is 8.90. The Balaban J connectivity index is 2.03. The van der Waals surface area contributed by atoms with Gasteiger partial charge in [0.1, 0.15) is 0 Å². The molecule has 16 heteroatoms. The molecule has 0 saturated heterocycles. The number of alkyl halides is 13. The molecule has 1 saturated carbocycles. The van der Waals surface area contributed by atoms with Crippen molar-refractivity contribution in [3.8, 4) is 11.1 Å². The van der Waals surface area contributed by atoms with Crippen molar-refractivity contribution in [3.05, 3.63) is 77.6 Å². The fourth-order valence-corrected chi connectivity index (χ4v) is 4.51. The summed E-state index contributed by atoms with van der Waals surface area (Å²) in [6.45, 7) is 0. The van der Waals surface area contributed by atoms with Crippen molar-refractivity contribution in [2.45, 2.75) is 47.1 Å². The summed E-state index contributed by atoms with van der Waals surface area (Å²) >= 11 is 0. The molecule has 0 amide bonds. The maximum absolute atomic E-state index is 15.8. The Bertz CT molecular complexity index is 1360. The minimum atomic E-state index is -8.07. The van der Waals surface area contributed by atoms with E-state index >= 15 is 13.2 Å². The van der Waals surface area contributed by atoms with Gasteiger partial charge in [-0.05, 0) is 16.7 Å². The standard InChI is InChI=1S/C24H10F16/c25-14-13(12-8-6-11(7-9-12)10-4-2-1-3-5-10)16(27)18(29,17(28)15(14)26)19(30)20(31,32)22(35,36)24(39,40)23(37,38)21(19,33)34/h1-9,17H. The number of rotatable bonds is 3. The average Bonchev–Trinajstić information content (AvgIpc) is 2.90. The quantitative estimate of drug-likeness (QED) is 0.308. The first-order valence-corrected chi connectivity index (χ1v) is 10.6. The average molecular weight is 602 g/mol. The molecule has 4 rings (SSSR count). The highest BCUT2D eigenvalue weighted by Gasteiger charge is 3.05. The van der Waals surface area contributed by atoms with Gasteiger partial charge in [0.05, 0.1) is 5.57 Å². The second kappa shape index (κ2) is 8.41. The molecule has 2 unspecified atom stereocenters. The fraction of sp³-hybridized carbons (Fsp3) is 0.333. The molecule has 2 aliphatic rings. The van der Waals surface area contributed by atoms with Crippen LogP contribution in [-0.4, -0.2) is 47.1 Å². The molecule has 0 N–H and O–H groups in total. The van der Waals surface area contributed by atoms with Gasteiger partial charge < -0.3 is 0 Å². The van der Waals surface area contributed by atoms with Gasteiger partial charge in [0.25, 0.3) is 5.67 Å². The van der Waals surface area contributed by atoms with Gasteiger partial charge in [-0.15, -0.1) is 0 Å². The zero-order valence-corrected chi connectivity index (χ0v) is 18.8. The van der Waals surface area contributed by atoms with Gasteiger partial charge in [0, 0.05) is 0 Å². The highest BCUT2D eigenvalue weighted by atomic mass is 19.4. The molecule has 0 radical (unpaired) electrons. The lowest BCUT2D eigenvalue weighted by atomic mass is 9.61. The summed E-state index contributed by atoms with van der Waals surface area (Å²) in [6, 6.07) is 10.4. The monoisotopic (exact) mass is 602 g/mol. The first kappa shape index (κ1) is 29.8. The van der Waals surface area contributed by atoms with Crippen LogP contribution in [0.25, 0.3) is 16.7 Å². The van der Waals surface area contributed by atoms with E-state index in [0.29, 0.717) is 17.7 Å². The minimum absolute atomic E-state index is 0.176. The Morgan fingerprint density at radius 2 is 0.850 bits per heavy atom. The molecule has 218 valence electrons. The SMILES string of the molecule is FC1=C(F)C(F)C(F)(C2(F)C(F)(F)C(F)(F)C(F)(F)C(F)(F)C2(F)F)C(F)=C1c1ccc(-c2ccccc2)cc1. The zero-order chi connectivity index (χ0) is 30.5. The largest absolute Gasteiger partial charge is 0.384 e. The minimum Gasteiger partial charge on any atom is -0.235 e. The molecule has 2 aromatic carbocycles. The van der Waals surface area contributed by atoms with E-state index in [1.807, 2.05) is 0 Å². The van der Waals surface area contributed by atoms with E-state index in [0.717, 1.165) is 12.1 Å². The molecule has 0 aliphatic heterocycles. The molecule has 2 atom stereocenters. The molecular weight excluding hydrogens is 592 g/mol. The lowest BCUT2D eigenvalue weighted by Gasteiger charge is -2.56. The van der Waals surface area contributed by atoms with E-state index in [9.17, 15) is 57.1 Å². The number of hydrogen-bond donors (Lipinski definition) is 0. The smallest absolute Gasteiger partial charge is 0.235 e. The van der Waals surface area contributed by atoms with Crippen LogP contribution >= 0.6 is 0 Å². The van der Waals surface area contributed by atoms with Crippen molar-refractivity contribution < 1.29 is 70.2 Å². The summed E-state index contributed by atoms with van der Waals surface area (Å²) < 4.78 is 231. The summed E-state index contributed by atoms with van der Waals surface area (Å²) in [4.78, 5) is 0. The van der Waals surface area contributed by atoms with Crippen LogP contribution in [0.1, 0.15) is 5.56 Å². The Hall–Kier alpha value is -3.20. The summed E-state index contributed by atoms with van der Waals surface area (Å²) in [5.74, 6) is -50.1. The van der Waals surface area contributed by atoms with Crippen LogP contribution in [0.2, 0.25) is 0 Å². The maximum atomic E-state index is 15.8. The van der Waals surface area contributed by atoms with E-state index in [2.05, 4.69) is 0 Å². The van der Waals surface area contributed by atoms with Gasteiger partial charge in [-0.3, -0.25) is 0 Å². The van der Waals surface area contributed by atoms with Crippen LogP contribution in [0.4, 0.5) is 70.2 Å². The Morgan fingerprint density at radius 1 is 0.475 bits per heavy atom. The first-order valence-electron chi connectivity index (χ1n) is 10.6. The highest BCUT2D eigenvalue weighted by molar-refractivity contribution is 5.83.